The summed E-state index contributed by atoms with van der Waals surface area (Å²) in [4.78, 5) is 17.2. The predicted molar refractivity (Wildman–Crippen MR) is 125 cm³/mol. The van der Waals surface area contributed by atoms with E-state index in [4.69, 9.17) is 25.6 Å². The van der Waals surface area contributed by atoms with E-state index in [1.807, 2.05) is 31.2 Å². The van der Waals surface area contributed by atoms with Gasteiger partial charge in [-0.1, -0.05) is 6.07 Å². The molecule has 2 aromatic carbocycles. The lowest BCUT2D eigenvalue weighted by atomic mass is 9.92. The van der Waals surface area contributed by atoms with Crippen molar-refractivity contribution in [2.45, 2.75) is 6.92 Å². The van der Waals surface area contributed by atoms with Crippen molar-refractivity contribution >= 4 is 50.4 Å². The number of primary amides is 1. The number of nitrogens with zero attached hydrogens (tertiary/aromatic N) is 2. The molecule has 3 heterocycles. The molecular formula is C23H22N6O3. The molecule has 9 heteroatoms. The van der Waals surface area contributed by atoms with Crippen LogP contribution in [-0.4, -0.2) is 41.3 Å². The molecule has 0 aliphatic carbocycles. The number of methoxy groups -OCH3 is 1. The lowest BCUT2D eigenvalue weighted by molar-refractivity contribution is 0.100. The second-order valence-corrected chi connectivity index (χ2v) is 7.61. The number of aryl methyl sites for hydroxylation is 1. The molecule has 9 nitrogen and oxygen atoms in total. The largest absolute Gasteiger partial charge is 0.453 e. The first-order valence-electron chi connectivity index (χ1n) is 10.1. The van der Waals surface area contributed by atoms with Crippen LogP contribution >= 0.6 is 0 Å². The number of aromatic amines is 1. The molecule has 0 saturated carbocycles. The van der Waals surface area contributed by atoms with Gasteiger partial charge in [0.25, 0.3) is 5.91 Å². The molecule has 6 N–H and O–H groups in total. The van der Waals surface area contributed by atoms with Crippen LogP contribution in [0, 0.1) is 6.92 Å². The van der Waals surface area contributed by atoms with Gasteiger partial charge in [0, 0.05) is 30.0 Å². The van der Waals surface area contributed by atoms with Crippen LogP contribution in [-0.2, 0) is 4.74 Å². The van der Waals surface area contributed by atoms with Crippen LogP contribution in [0.5, 0.6) is 0 Å². The fourth-order valence-electron chi connectivity index (χ4n) is 4.11. The van der Waals surface area contributed by atoms with Crippen molar-refractivity contribution in [3.05, 3.63) is 47.7 Å². The minimum absolute atomic E-state index is 0.143. The van der Waals surface area contributed by atoms with Crippen LogP contribution in [0.4, 0.5) is 11.5 Å². The van der Waals surface area contributed by atoms with Crippen molar-refractivity contribution in [3.63, 3.8) is 0 Å². The van der Waals surface area contributed by atoms with Crippen molar-refractivity contribution in [1.82, 2.24) is 15.2 Å². The number of fused-ring (bicyclic) bond motifs is 4. The van der Waals surface area contributed by atoms with Crippen LogP contribution < -0.4 is 16.8 Å². The fourth-order valence-corrected chi connectivity index (χ4v) is 4.11. The average molecular weight is 430 g/mol. The summed E-state index contributed by atoms with van der Waals surface area (Å²) in [7, 11) is 1.64. The number of carbonyl (C=O) groups excluding carboxylic acids is 1. The van der Waals surface area contributed by atoms with E-state index in [0.717, 1.165) is 22.0 Å². The number of furan rings is 1. The summed E-state index contributed by atoms with van der Waals surface area (Å²) >= 11 is 0. The number of anilines is 2. The summed E-state index contributed by atoms with van der Waals surface area (Å²) in [5, 5.41) is 11.9. The van der Waals surface area contributed by atoms with Crippen molar-refractivity contribution in [2.24, 2.45) is 5.73 Å². The molecule has 0 atom stereocenters. The van der Waals surface area contributed by atoms with E-state index in [1.54, 1.807) is 19.4 Å². The van der Waals surface area contributed by atoms with Gasteiger partial charge in [-0.25, -0.2) is 4.98 Å². The summed E-state index contributed by atoms with van der Waals surface area (Å²) in [6.45, 7) is 3.14. The Morgan fingerprint density at radius 3 is 2.88 bits per heavy atom. The summed E-state index contributed by atoms with van der Waals surface area (Å²) in [6.07, 6.45) is 1.74. The number of carbonyl (C=O) groups is 1. The van der Waals surface area contributed by atoms with Crippen molar-refractivity contribution in [3.8, 4) is 11.1 Å². The average Bonchev–Trinajstić information content (AvgIpc) is 3.37. The fraction of sp³-hybridized carbons (Fsp3) is 0.174. The molecule has 5 aromatic rings. The highest BCUT2D eigenvalue weighted by Gasteiger charge is 2.24. The van der Waals surface area contributed by atoms with E-state index in [-0.39, 0.29) is 11.3 Å². The molecule has 0 fully saturated rings. The quantitative estimate of drug-likeness (QED) is 0.238. The summed E-state index contributed by atoms with van der Waals surface area (Å²) < 4.78 is 11.1. The Kier molecular flexibility index (Phi) is 4.67. The van der Waals surface area contributed by atoms with E-state index in [2.05, 4.69) is 15.5 Å². The number of hydrogen-bond acceptors (Lipinski definition) is 7. The molecule has 162 valence electrons. The Hall–Kier alpha value is -4.11. The van der Waals surface area contributed by atoms with Gasteiger partial charge < -0.3 is 25.9 Å². The maximum atomic E-state index is 12.5. The van der Waals surface area contributed by atoms with E-state index in [1.165, 1.54) is 0 Å². The van der Waals surface area contributed by atoms with Crippen LogP contribution in [0.15, 0.2) is 40.9 Å². The smallest absolute Gasteiger partial charge is 0.254 e. The van der Waals surface area contributed by atoms with Crippen LogP contribution in [0.25, 0.3) is 44.1 Å². The monoisotopic (exact) mass is 430 g/mol. The van der Waals surface area contributed by atoms with Gasteiger partial charge >= 0.3 is 0 Å². The molecule has 0 aliphatic rings. The highest BCUT2D eigenvalue weighted by atomic mass is 16.5. The molecular weight excluding hydrogens is 408 g/mol. The Bertz CT molecular complexity index is 1500. The van der Waals surface area contributed by atoms with Crippen molar-refractivity contribution in [2.75, 3.05) is 31.3 Å². The second-order valence-electron chi connectivity index (χ2n) is 7.61. The standard InChI is InChI=1S/C23H22N6O3/c1-11-3-4-15-14(10-27-29-15)18(11)12-9-13-21-16(5-6-17(28-21)26-7-8-31-2)32-22(13)19(20(12)24)23(25)30/h3-6,9-10H,7-8,24H2,1-2H3,(H2,25,30)(H,26,28)(H,27,29). The van der Waals surface area contributed by atoms with Gasteiger partial charge in [0.2, 0.25) is 0 Å². The Morgan fingerprint density at radius 1 is 1.25 bits per heavy atom. The Balaban J connectivity index is 1.82. The zero-order valence-electron chi connectivity index (χ0n) is 17.7. The molecule has 3 aromatic heterocycles. The first kappa shape index (κ1) is 19.8. The third-order valence-electron chi connectivity index (χ3n) is 5.61. The Labute approximate surface area is 182 Å². The molecule has 1 amide bonds. The van der Waals surface area contributed by atoms with E-state index >= 15 is 0 Å². The number of hydrogen-bond donors (Lipinski definition) is 4. The molecule has 0 saturated heterocycles. The highest BCUT2D eigenvalue weighted by molar-refractivity contribution is 6.19. The zero-order chi connectivity index (χ0) is 22.4. The van der Waals surface area contributed by atoms with Crippen molar-refractivity contribution < 1.29 is 13.9 Å². The van der Waals surface area contributed by atoms with Gasteiger partial charge in [-0.3, -0.25) is 9.89 Å². The number of pyridine rings is 1. The zero-order valence-corrected chi connectivity index (χ0v) is 17.7. The van der Waals surface area contributed by atoms with E-state index in [9.17, 15) is 4.79 Å². The van der Waals surface area contributed by atoms with Crippen LogP contribution in [0.1, 0.15) is 15.9 Å². The Morgan fingerprint density at radius 2 is 2.09 bits per heavy atom. The van der Waals surface area contributed by atoms with Gasteiger partial charge in [0.1, 0.15) is 16.9 Å². The minimum atomic E-state index is -0.663. The summed E-state index contributed by atoms with van der Waals surface area (Å²) in [5.41, 5.74) is 17.5. The summed E-state index contributed by atoms with van der Waals surface area (Å²) in [6, 6.07) is 9.46. The third-order valence-corrected chi connectivity index (χ3v) is 5.61. The number of nitrogens with two attached hydrogens (primary N) is 2. The number of H-pyrrole nitrogens is 1. The lowest BCUT2D eigenvalue weighted by Gasteiger charge is -2.13. The van der Waals surface area contributed by atoms with Gasteiger partial charge in [-0.15, -0.1) is 0 Å². The van der Waals surface area contributed by atoms with E-state index < -0.39 is 5.91 Å². The number of amides is 1. The SMILES string of the molecule is COCCNc1ccc2oc3c(C(N)=O)c(N)c(-c4c(C)ccc5[nH]ncc45)cc3c2n1. The molecule has 0 bridgehead atoms. The minimum Gasteiger partial charge on any atom is -0.453 e. The number of nitrogens with one attached hydrogen (secondary N) is 2. The maximum Gasteiger partial charge on any atom is 0.254 e. The normalized spacial score (nSPS) is 11.6. The first-order chi connectivity index (χ1) is 15.5. The van der Waals surface area contributed by atoms with Crippen molar-refractivity contribution in [1.29, 1.82) is 0 Å². The molecule has 0 radical (unpaired) electrons. The van der Waals surface area contributed by atoms with Gasteiger partial charge in [-0.2, -0.15) is 5.10 Å². The van der Waals surface area contributed by atoms with Gasteiger partial charge in [-0.05, 0) is 42.3 Å². The molecule has 0 unspecified atom stereocenters. The highest BCUT2D eigenvalue weighted by Crippen LogP contribution is 2.42. The third kappa shape index (κ3) is 3.02. The van der Waals surface area contributed by atoms with Crippen LogP contribution in [0.2, 0.25) is 0 Å². The number of ether oxygens (including phenoxy) is 1. The predicted octanol–water partition coefficient (Wildman–Crippen LogP) is 3.57. The summed E-state index contributed by atoms with van der Waals surface area (Å²) in [5.74, 6) is 0.00763. The first-order valence-corrected chi connectivity index (χ1v) is 10.1. The molecule has 0 aliphatic heterocycles. The molecule has 0 spiro atoms. The molecule has 32 heavy (non-hydrogen) atoms. The number of nitrogen functional groups attached to an aromatic ring is 1. The topological polar surface area (TPSA) is 145 Å². The molecule has 5 rings (SSSR count). The van der Waals surface area contributed by atoms with Gasteiger partial charge in [0.15, 0.2) is 11.2 Å². The maximum absolute atomic E-state index is 12.5. The second kappa shape index (κ2) is 7.54. The number of rotatable bonds is 6. The van der Waals surface area contributed by atoms with Crippen LogP contribution in [0.3, 0.4) is 0 Å². The van der Waals surface area contributed by atoms with Gasteiger partial charge in [0.05, 0.1) is 24.0 Å². The number of benzene rings is 2. The lowest BCUT2D eigenvalue weighted by Crippen LogP contribution is -2.14. The number of aromatic nitrogens is 3. The van der Waals surface area contributed by atoms with E-state index in [0.29, 0.717) is 46.6 Å².